The molecule has 1 saturated heterocycles. The predicted molar refractivity (Wildman–Crippen MR) is 98.8 cm³/mol. The van der Waals surface area contributed by atoms with E-state index < -0.39 is 5.60 Å². The van der Waals surface area contributed by atoms with E-state index in [9.17, 15) is 9.90 Å². The fourth-order valence-electron chi connectivity index (χ4n) is 3.40. The van der Waals surface area contributed by atoms with E-state index in [1.165, 1.54) is 5.56 Å². The van der Waals surface area contributed by atoms with Gasteiger partial charge in [0.05, 0.1) is 26.0 Å². The standard InChI is InChI=1S/C20H27N3O3/c1-16-3-5-17(6-4-16)11-20(15-24)14-23(9-10-26-20)19(25)8-7-18-12-21-22(2)13-18/h3-6,12-13,24H,7-11,14-15H2,1-2H3. The van der Waals surface area contributed by atoms with Crippen molar-refractivity contribution >= 4 is 5.91 Å². The normalized spacial score (nSPS) is 20.3. The molecular formula is C20H27N3O3. The second kappa shape index (κ2) is 8.01. The van der Waals surface area contributed by atoms with Crippen LogP contribution in [0.4, 0.5) is 0 Å². The van der Waals surface area contributed by atoms with Gasteiger partial charge in [-0.3, -0.25) is 9.48 Å². The Morgan fingerprint density at radius 1 is 1.31 bits per heavy atom. The molecule has 3 rings (SSSR count). The number of ether oxygens (including phenoxy) is 1. The monoisotopic (exact) mass is 357 g/mol. The Hall–Kier alpha value is -2.18. The van der Waals surface area contributed by atoms with Crippen LogP contribution < -0.4 is 0 Å². The largest absolute Gasteiger partial charge is 0.393 e. The first-order valence-electron chi connectivity index (χ1n) is 9.05. The fraction of sp³-hybridized carbons (Fsp3) is 0.500. The van der Waals surface area contributed by atoms with Crippen LogP contribution in [0.5, 0.6) is 0 Å². The lowest BCUT2D eigenvalue weighted by molar-refractivity contribution is -0.157. The summed E-state index contributed by atoms with van der Waals surface area (Å²) in [5.74, 6) is 0.0962. The maximum Gasteiger partial charge on any atom is 0.223 e. The van der Waals surface area contributed by atoms with Gasteiger partial charge in [-0.05, 0) is 24.5 Å². The van der Waals surface area contributed by atoms with Gasteiger partial charge in [-0.1, -0.05) is 29.8 Å². The zero-order valence-corrected chi connectivity index (χ0v) is 15.5. The maximum absolute atomic E-state index is 12.6. The summed E-state index contributed by atoms with van der Waals surface area (Å²) in [6.45, 7) is 3.38. The van der Waals surface area contributed by atoms with Crippen LogP contribution in [0.1, 0.15) is 23.1 Å². The third kappa shape index (κ3) is 4.51. The zero-order valence-electron chi connectivity index (χ0n) is 15.5. The number of amides is 1. The lowest BCUT2D eigenvalue weighted by atomic mass is 9.92. The molecule has 0 saturated carbocycles. The number of hydrogen-bond acceptors (Lipinski definition) is 4. The summed E-state index contributed by atoms with van der Waals surface area (Å²) in [5.41, 5.74) is 2.64. The first-order chi connectivity index (χ1) is 12.5. The van der Waals surface area contributed by atoms with Crippen molar-refractivity contribution in [2.75, 3.05) is 26.3 Å². The van der Waals surface area contributed by atoms with Crippen molar-refractivity contribution in [2.24, 2.45) is 7.05 Å². The highest BCUT2D eigenvalue weighted by molar-refractivity contribution is 5.76. The Balaban J connectivity index is 1.62. The van der Waals surface area contributed by atoms with Crippen molar-refractivity contribution in [3.8, 4) is 0 Å². The smallest absolute Gasteiger partial charge is 0.223 e. The van der Waals surface area contributed by atoms with Gasteiger partial charge in [0, 0.05) is 32.6 Å². The molecule has 1 atom stereocenters. The second-order valence-corrected chi connectivity index (χ2v) is 7.19. The average Bonchev–Trinajstić information content (AvgIpc) is 3.07. The number of aliphatic hydroxyl groups is 1. The summed E-state index contributed by atoms with van der Waals surface area (Å²) >= 11 is 0. The number of carbonyl (C=O) groups is 1. The van der Waals surface area contributed by atoms with Crippen LogP contribution in [-0.4, -0.2) is 57.6 Å². The SMILES string of the molecule is Cc1ccc(CC2(CO)CN(C(=O)CCc3cnn(C)c3)CCO2)cc1. The highest BCUT2D eigenvalue weighted by Crippen LogP contribution is 2.24. The molecule has 1 aliphatic rings. The summed E-state index contributed by atoms with van der Waals surface area (Å²) in [7, 11) is 1.87. The first-order valence-corrected chi connectivity index (χ1v) is 9.05. The van der Waals surface area contributed by atoms with Crippen LogP contribution in [0, 0.1) is 6.92 Å². The Morgan fingerprint density at radius 2 is 2.08 bits per heavy atom. The van der Waals surface area contributed by atoms with Gasteiger partial charge in [0.2, 0.25) is 5.91 Å². The molecule has 140 valence electrons. The molecule has 1 aromatic carbocycles. The van der Waals surface area contributed by atoms with Crippen LogP contribution in [0.25, 0.3) is 0 Å². The van der Waals surface area contributed by atoms with Crippen molar-refractivity contribution in [3.05, 3.63) is 53.3 Å². The molecular weight excluding hydrogens is 330 g/mol. The highest BCUT2D eigenvalue weighted by atomic mass is 16.5. The van der Waals surface area contributed by atoms with Gasteiger partial charge in [0.1, 0.15) is 5.60 Å². The lowest BCUT2D eigenvalue weighted by Gasteiger charge is -2.42. The summed E-state index contributed by atoms with van der Waals surface area (Å²) in [6, 6.07) is 8.22. The number of hydrogen-bond donors (Lipinski definition) is 1. The number of rotatable bonds is 6. The molecule has 2 heterocycles. The Kier molecular flexibility index (Phi) is 5.74. The molecule has 0 spiro atoms. The number of carbonyl (C=O) groups excluding carboxylic acids is 1. The van der Waals surface area contributed by atoms with Crippen LogP contribution in [0.2, 0.25) is 0 Å². The Morgan fingerprint density at radius 3 is 2.73 bits per heavy atom. The molecule has 1 aromatic heterocycles. The zero-order chi connectivity index (χ0) is 18.6. The van der Waals surface area contributed by atoms with Crippen molar-refractivity contribution in [2.45, 2.75) is 31.8 Å². The van der Waals surface area contributed by atoms with Gasteiger partial charge in [-0.25, -0.2) is 0 Å². The lowest BCUT2D eigenvalue weighted by Crippen LogP contribution is -2.56. The predicted octanol–water partition coefficient (Wildman–Crippen LogP) is 1.49. The number of aromatic nitrogens is 2. The average molecular weight is 357 g/mol. The van der Waals surface area contributed by atoms with Crippen LogP contribution >= 0.6 is 0 Å². The molecule has 6 nitrogen and oxygen atoms in total. The van der Waals surface area contributed by atoms with Crippen molar-refractivity contribution in [3.63, 3.8) is 0 Å². The van der Waals surface area contributed by atoms with E-state index in [1.807, 2.05) is 25.1 Å². The summed E-state index contributed by atoms with van der Waals surface area (Å²) in [6.07, 6.45) is 5.44. The topological polar surface area (TPSA) is 67.6 Å². The minimum atomic E-state index is -0.725. The van der Waals surface area contributed by atoms with Crippen molar-refractivity contribution in [1.82, 2.24) is 14.7 Å². The quantitative estimate of drug-likeness (QED) is 0.851. The molecule has 1 unspecified atom stereocenters. The number of nitrogens with zero attached hydrogens (tertiary/aromatic N) is 3. The molecule has 0 radical (unpaired) electrons. The molecule has 26 heavy (non-hydrogen) atoms. The molecule has 6 heteroatoms. The third-order valence-corrected chi connectivity index (χ3v) is 4.92. The van der Waals surface area contributed by atoms with E-state index in [0.717, 1.165) is 11.1 Å². The number of aliphatic hydroxyl groups excluding tert-OH is 1. The molecule has 0 aliphatic carbocycles. The minimum Gasteiger partial charge on any atom is -0.393 e. The van der Waals surface area contributed by atoms with Gasteiger partial charge in [-0.2, -0.15) is 5.10 Å². The van der Waals surface area contributed by atoms with E-state index in [0.29, 0.717) is 39.0 Å². The van der Waals surface area contributed by atoms with Crippen LogP contribution in [0.15, 0.2) is 36.7 Å². The molecule has 1 aliphatic heterocycles. The highest BCUT2D eigenvalue weighted by Gasteiger charge is 2.38. The van der Waals surface area contributed by atoms with Gasteiger partial charge in [-0.15, -0.1) is 0 Å². The number of aryl methyl sites for hydroxylation is 3. The fourth-order valence-corrected chi connectivity index (χ4v) is 3.40. The summed E-state index contributed by atoms with van der Waals surface area (Å²) in [5, 5.41) is 14.1. The van der Waals surface area contributed by atoms with E-state index in [-0.39, 0.29) is 12.5 Å². The summed E-state index contributed by atoms with van der Waals surface area (Å²) in [4.78, 5) is 14.5. The maximum atomic E-state index is 12.6. The Bertz CT molecular complexity index is 741. The van der Waals surface area contributed by atoms with Gasteiger partial charge < -0.3 is 14.7 Å². The molecule has 1 amide bonds. The van der Waals surface area contributed by atoms with E-state index >= 15 is 0 Å². The van der Waals surface area contributed by atoms with Gasteiger partial charge in [0.15, 0.2) is 0 Å². The van der Waals surface area contributed by atoms with E-state index in [2.05, 4.69) is 29.4 Å². The summed E-state index contributed by atoms with van der Waals surface area (Å²) < 4.78 is 7.68. The molecule has 0 bridgehead atoms. The first kappa shape index (κ1) is 18.6. The van der Waals surface area contributed by atoms with Crippen molar-refractivity contribution in [1.29, 1.82) is 0 Å². The Labute approximate surface area is 154 Å². The molecule has 1 fully saturated rings. The minimum absolute atomic E-state index is 0.0962. The second-order valence-electron chi connectivity index (χ2n) is 7.19. The van der Waals surface area contributed by atoms with Crippen LogP contribution in [-0.2, 0) is 29.4 Å². The van der Waals surface area contributed by atoms with Crippen molar-refractivity contribution < 1.29 is 14.6 Å². The number of benzene rings is 1. The van der Waals surface area contributed by atoms with E-state index in [1.54, 1.807) is 10.9 Å². The van der Waals surface area contributed by atoms with Crippen LogP contribution in [0.3, 0.4) is 0 Å². The molecule has 1 N–H and O–H groups in total. The van der Waals surface area contributed by atoms with Gasteiger partial charge >= 0.3 is 0 Å². The van der Waals surface area contributed by atoms with E-state index in [4.69, 9.17) is 4.74 Å². The number of morpholine rings is 1. The van der Waals surface area contributed by atoms with Gasteiger partial charge in [0.25, 0.3) is 0 Å². The third-order valence-electron chi connectivity index (χ3n) is 4.92. The molecule has 2 aromatic rings.